The molecule has 1 N–H and O–H groups in total. The van der Waals surface area contributed by atoms with Gasteiger partial charge >= 0.3 is 5.97 Å². The Morgan fingerprint density at radius 1 is 1.35 bits per heavy atom. The molecule has 0 saturated carbocycles. The summed E-state index contributed by atoms with van der Waals surface area (Å²) in [7, 11) is 2.06. The number of likely N-dealkylation sites (N-methyl/N-ethyl adjacent to an activating group) is 1. The average molecular weight is 277 g/mol. The Labute approximate surface area is 120 Å². The lowest BCUT2D eigenvalue weighted by Gasteiger charge is -2.27. The summed E-state index contributed by atoms with van der Waals surface area (Å²) in [5.74, 6) is -0.782. The molecule has 1 aliphatic heterocycles. The Morgan fingerprint density at radius 3 is 2.75 bits per heavy atom. The minimum Gasteiger partial charge on any atom is -0.481 e. The Morgan fingerprint density at radius 2 is 2.10 bits per heavy atom. The fourth-order valence-electron chi connectivity index (χ4n) is 2.70. The fraction of sp³-hybridized carbons (Fsp3) is 0.562. The lowest BCUT2D eigenvalue weighted by molar-refractivity contribution is -0.136. The topological polar surface area (TPSA) is 49.8 Å². The zero-order valence-corrected chi connectivity index (χ0v) is 12.0. The molecule has 1 unspecified atom stereocenters. The number of benzene rings is 1. The van der Waals surface area contributed by atoms with Crippen LogP contribution in [0.3, 0.4) is 0 Å². The van der Waals surface area contributed by atoms with Crippen molar-refractivity contribution in [3.63, 3.8) is 0 Å². The van der Waals surface area contributed by atoms with Crippen molar-refractivity contribution in [1.29, 1.82) is 0 Å². The molecule has 1 aromatic rings. The fourth-order valence-corrected chi connectivity index (χ4v) is 2.70. The van der Waals surface area contributed by atoms with E-state index in [2.05, 4.69) is 11.9 Å². The van der Waals surface area contributed by atoms with Crippen molar-refractivity contribution in [2.24, 2.45) is 0 Å². The van der Waals surface area contributed by atoms with E-state index in [-0.39, 0.29) is 6.42 Å². The minimum absolute atomic E-state index is 0.0872. The van der Waals surface area contributed by atoms with Crippen molar-refractivity contribution in [3.8, 4) is 0 Å². The molecule has 2 rings (SSSR count). The predicted octanol–water partition coefficient (Wildman–Crippen LogP) is 2.31. The molecule has 0 amide bonds. The van der Waals surface area contributed by atoms with Gasteiger partial charge in [0, 0.05) is 19.7 Å². The number of hydrogen-bond donors (Lipinski definition) is 1. The maximum Gasteiger partial charge on any atom is 0.307 e. The van der Waals surface area contributed by atoms with Gasteiger partial charge in [-0.2, -0.15) is 0 Å². The van der Waals surface area contributed by atoms with Gasteiger partial charge in [-0.15, -0.1) is 0 Å². The Hall–Kier alpha value is -1.39. The molecule has 0 spiro atoms. The van der Waals surface area contributed by atoms with Crippen LogP contribution in [0.25, 0.3) is 0 Å². The molecule has 4 heteroatoms. The summed E-state index contributed by atoms with van der Waals surface area (Å²) < 4.78 is 5.75. The normalized spacial score (nSPS) is 19.2. The maximum absolute atomic E-state index is 10.9. The molecule has 110 valence electrons. The number of nitrogens with zero attached hydrogens (tertiary/aromatic N) is 1. The van der Waals surface area contributed by atoms with E-state index in [1.807, 2.05) is 24.3 Å². The van der Waals surface area contributed by atoms with Gasteiger partial charge in [-0.3, -0.25) is 9.69 Å². The molecular formula is C16H23NO3. The Bertz CT molecular complexity index is 441. The molecule has 1 aliphatic rings. The van der Waals surface area contributed by atoms with E-state index in [1.165, 1.54) is 12.8 Å². The molecule has 1 atom stereocenters. The van der Waals surface area contributed by atoms with Crippen molar-refractivity contribution in [2.75, 3.05) is 20.2 Å². The quantitative estimate of drug-likeness (QED) is 0.867. The van der Waals surface area contributed by atoms with E-state index in [9.17, 15) is 4.79 Å². The molecular weight excluding hydrogens is 254 g/mol. The first-order valence-corrected chi connectivity index (χ1v) is 7.24. The van der Waals surface area contributed by atoms with Gasteiger partial charge in [0.05, 0.1) is 12.5 Å². The van der Waals surface area contributed by atoms with Crippen LogP contribution < -0.4 is 0 Å². The van der Waals surface area contributed by atoms with Crippen LogP contribution in [0.1, 0.15) is 30.4 Å². The van der Waals surface area contributed by atoms with Crippen LogP contribution in [-0.2, 0) is 22.5 Å². The zero-order valence-electron chi connectivity index (χ0n) is 12.0. The smallest absolute Gasteiger partial charge is 0.307 e. The molecule has 4 nitrogen and oxygen atoms in total. The summed E-state index contributed by atoms with van der Waals surface area (Å²) in [6, 6.07) is 7.77. The molecule has 1 heterocycles. The number of hydrogen-bond acceptors (Lipinski definition) is 3. The molecule has 1 aromatic carbocycles. The summed E-state index contributed by atoms with van der Waals surface area (Å²) in [6.07, 6.45) is 3.95. The molecule has 1 saturated heterocycles. The van der Waals surface area contributed by atoms with Crippen LogP contribution in [0.4, 0.5) is 0 Å². The number of carboxylic acids is 1. The summed E-state index contributed by atoms with van der Waals surface area (Å²) in [4.78, 5) is 13.1. The first-order chi connectivity index (χ1) is 9.65. The van der Waals surface area contributed by atoms with Crippen LogP contribution in [0.5, 0.6) is 0 Å². The molecule has 20 heavy (non-hydrogen) atoms. The van der Waals surface area contributed by atoms with Crippen molar-refractivity contribution in [2.45, 2.75) is 38.3 Å². The van der Waals surface area contributed by atoms with E-state index in [4.69, 9.17) is 9.84 Å². The highest BCUT2D eigenvalue weighted by molar-refractivity contribution is 5.70. The van der Waals surface area contributed by atoms with Gasteiger partial charge in [0.25, 0.3) is 0 Å². The van der Waals surface area contributed by atoms with E-state index in [1.54, 1.807) is 0 Å². The van der Waals surface area contributed by atoms with Gasteiger partial charge in [-0.1, -0.05) is 24.3 Å². The van der Waals surface area contributed by atoms with Crippen LogP contribution in [0, 0.1) is 0 Å². The van der Waals surface area contributed by atoms with E-state index in [0.717, 1.165) is 37.2 Å². The van der Waals surface area contributed by atoms with Gasteiger partial charge in [0.15, 0.2) is 0 Å². The van der Waals surface area contributed by atoms with Crippen LogP contribution in [0.15, 0.2) is 24.3 Å². The zero-order chi connectivity index (χ0) is 14.4. The molecule has 0 aliphatic carbocycles. The number of aliphatic carboxylic acids is 1. The molecule has 0 bridgehead atoms. The highest BCUT2D eigenvalue weighted by atomic mass is 16.5. The van der Waals surface area contributed by atoms with Gasteiger partial charge in [-0.05, 0) is 37.4 Å². The number of carboxylic acid groups (broad SMARTS) is 1. The van der Waals surface area contributed by atoms with Crippen molar-refractivity contribution >= 4 is 5.97 Å². The van der Waals surface area contributed by atoms with E-state index >= 15 is 0 Å². The largest absolute Gasteiger partial charge is 0.481 e. The third-order valence-corrected chi connectivity index (χ3v) is 3.69. The first-order valence-electron chi connectivity index (χ1n) is 7.24. The standard InChI is InChI=1S/C16H23NO3/c1-17(12-15-8-4-5-9-20-15)11-14-7-3-2-6-13(14)10-16(18)19/h2-3,6-7,15H,4-5,8-12H2,1H3,(H,18,19). The summed E-state index contributed by atoms with van der Waals surface area (Å²) in [6.45, 7) is 2.54. The summed E-state index contributed by atoms with van der Waals surface area (Å²) in [5.41, 5.74) is 1.99. The van der Waals surface area contributed by atoms with Crippen molar-refractivity contribution in [3.05, 3.63) is 35.4 Å². The first kappa shape index (κ1) is 15.0. The lowest BCUT2D eigenvalue weighted by atomic mass is 10.0. The van der Waals surface area contributed by atoms with Crippen LogP contribution in [0.2, 0.25) is 0 Å². The third kappa shape index (κ3) is 4.62. The highest BCUT2D eigenvalue weighted by Crippen LogP contribution is 2.16. The molecule has 0 radical (unpaired) electrons. The predicted molar refractivity (Wildman–Crippen MR) is 77.7 cm³/mol. The second kappa shape index (κ2) is 7.41. The number of rotatable bonds is 6. The Kier molecular flexibility index (Phi) is 5.56. The van der Waals surface area contributed by atoms with E-state index < -0.39 is 5.97 Å². The Balaban J connectivity index is 1.92. The van der Waals surface area contributed by atoms with E-state index in [0.29, 0.717) is 6.10 Å². The van der Waals surface area contributed by atoms with Crippen LogP contribution >= 0.6 is 0 Å². The molecule has 1 fully saturated rings. The molecule has 0 aromatic heterocycles. The monoisotopic (exact) mass is 277 g/mol. The van der Waals surface area contributed by atoms with Gasteiger partial charge in [0.1, 0.15) is 0 Å². The second-order valence-electron chi connectivity index (χ2n) is 5.52. The van der Waals surface area contributed by atoms with Gasteiger partial charge in [0.2, 0.25) is 0 Å². The third-order valence-electron chi connectivity index (χ3n) is 3.69. The highest BCUT2D eigenvalue weighted by Gasteiger charge is 2.16. The van der Waals surface area contributed by atoms with Gasteiger partial charge < -0.3 is 9.84 Å². The number of carbonyl (C=O) groups is 1. The van der Waals surface area contributed by atoms with Crippen LogP contribution in [-0.4, -0.2) is 42.3 Å². The summed E-state index contributed by atoms with van der Waals surface area (Å²) in [5, 5.41) is 8.95. The minimum atomic E-state index is -0.782. The van der Waals surface area contributed by atoms with Gasteiger partial charge in [-0.25, -0.2) is 0 Å². The van der Waals surface area contributed by atoms with Crippen molar-refractivity contribution in [1.82, 2.24) is 4.90 Å². The summed E-state index contributed by atoms with van der Waals surface area (Å²) >= 11 is 0. The average Bonchev–Trinajstić information content (AvgIpc) is 2.41. The SMILES string of the molecule is CN(Cc1ccccc1CC(=O)O)CC1CCCCO1. The maximum atomic E-state index is 10.9. The second-order valence-corrected chi connectivity index (χ2v) is 5.52. The lowest BCUT2D eigenvalue weighted by Crippen LogP contribution is -2.33. The number of ether oxygens (including phenoxy) is 1. The van der Waals surface area contributed by atoms with Crippen molar-refractivity contribution < 1.29 is 14.6 Å².